The smallest absolute Gasteiger partial charge is 0.417 e. The number of hydrogen-bond donors (Lipinski definition) is 2. The molecule has 1 aromatic heterocycles. The number of carbonyl (C=O) groups is 2. The second-order valence-corrected chi connectivity index (χ2v) is 7.67. The topological polar surface area (TPSA) is 104 Å². The van der Waals surface area contributed by atoms with Crippen LogP contribution in [0, 0.1) is 17.6 Å². The summed E-state index contributed by atoms with van der Waals surface area (Å²) in [5, 5.41) is 2.29. The number of nitrogens with one attached hydrogen (secondary N) is 1. The van der Waals surface area contributed by atoms with E-state index >= 15 is 0 Å². The van der Waals surface area contributed by atoms with Crippen LogP contribution in [0.2, 0.25) is 0 Å². The Labute approximate surface area is 186 Å². The van der Waals surface area contributed by atoms with Crippen LogP contribution in [0.4, 0.5) is 27.6 Å². The van der Waals surface area contributed by atoms with E-state index in [9.17, 15) is 31.5 Å². The lowest BCUT2D eigenvalue weighted by Gasteiger charge is -2.32. The van der Waals surface area contributed by atoms with Crippen LogP contribution >= 0.6 is 0 Å². The summed E-state index contributed by atoms with van der Waals surface area (Å²) in [7, 11) is 1.01. The number of nitrogens with zero attached hydrogens (tertiary/aromatic N) is 1. The van der Waals surface area contributed by atoms with Gasteiger partial charge < -0.3 is 20.5 Å². The number of rotatable bonds is 5. The number of amides is 2. The van der Waals surface area contributed by atoms with Crippen molar-refractivity contribution >= 4 is 17.5 Å². The van der Waals surface area contributed by atoms with Crippen molar-refractivity contribution in [2.75, 3.05) is 12.4 Å². The highest BCUT2D eigenvalue weighted by molar-refractivity contribution is 5.97. The van der Waals surface area contributed by atoms with E-state index < -0.39 is 65.1 Å². The average Bonchev–Trinajstić information content (AvgIpc) is 3.01. The number of primary amides is 1. The van der Waals surface area contributed by atoms with Crippen LogP contribution in [0.5, 0.6) is 5.75 Å². The molecule has 0 spiro atoms. The molecule has 0 unspecified atom stereocenters. The van der Waals surface area contributed by atoms with Crippen molar-refractivity contribution in [1.29, 1.82) is 0 Å². The van der Waals surface area contributed by atoms with Crippen molar-refractivity contribution in [3.8, 4) is 5.75 Å². The molecule has 4 atom stereocenters. The van der Waals surface area contributed by atoms with Gasteiger partial charge in [0.2, 0.25) is 5.82 Å². The van der Waals surface area contributed by atoms with Gasteiger partial charge in [-0.25, -0.2) is 4.39 Å². The lowest BCUT2D eigenvalue weighted by molar-refractivity contribution is -0.272. The lowest BCUT2D eigenvalue weighted by atomic mass is 9.77. The molecule has 0 saturated carbocycles. The zero-order valence-electron chi connectivity index (χ0n) is 18.6. The van der Waals surface area contributed by atoms with Crippen LogP contribution in [-0.4, -0.2) is 41.8 Å². The van der Waals surface area contributed by atoms with Crippen molar-refractivity contribution < 1.29 is 42.4 Å². The maximum atomic E-state index is 14.4. The SMILES string of the molecule is [2H]c1cc(NC(=O)[C@H]2O[C@](C)(C(F)(F)F)[C@@H](C)[C@H]2c2ccc(F)c(F)c2OC)cc(C(N)=O)n1. The molecule has 0 radical (unpaired) electrons. The summed E-state index contributed by atoms with van der Waals surface area (Å²) in [5.41, 5.74) is 1.60. The van der Waals surface area contributed by atoms with Gasteiger partial charge in [0.05, 0.1) is 8.48 Å². The van der Waals surface area contributed by atoms with Crippen LogP contribution in [0.3, 0.4) is 0 Å². The minimum absolute atomic E-state index is 0.147. The predicted molar refractivity (Wildman–Crippen MR) is 106 cm³/mol. The van der Waals surface area contributed by atoms with E-state index in [4.69, 9.17) is 16.6 Å². The monoisotopic (exact) mass is 474 g/mol. The molecule has 1 aliphatic heterocycles. The fraction of sp³-hybridized carbons (Fsp3) is 0.381. The number of halogens is 5. The number of hydrogen-bond acceptors (Lipinski definition) is 5. The highest BCUT2D eigenvalue weighted by Crippen LogP contribution is 2.55. The highest BCUT2D eigenvalue weighted by Gasteiger charge is 2.65. The van der Waals surface area contributed by atoms with E-state index in [0.29, 0.717) is 6.07 Å². The number of aromatic nitrogens is 1. The molecule has 3 N–H and O–H groups in total. The number of nitrogens with two attached hydrogens (primary N) is 1. The van der Waals surface area contributed by atoms with Gasteiger partial charge in [0.25, 0.3) is 11.8 Å². The molecule has 2 aromatic rings. The minimum Gasteiger partial charge on any atom is -0.493 e. The van der Waals surface area contributed by atoms with Crippen molar-refractivity contribution in [3.05, 3.63) is 53.3 Å². The van der Waals surface area contributed by atoms with Gasteiger partial charge in [-0.2, -0.15) is 17.6 Å². The summed E-state index contributed by atoms with van der Waals surface area (Å²) < 4.78 is 87.8. The molecule has 0 aliphatic carbocycles. The first kappa shape index (κ1) is 22.9. The second kappa shape index (κ2) is 8.58. The van der Waals surface area contributed by atoms with E-state index in [-0.39, 0.29) is 16.9 Å². The Bertz CT molecular complexity index is 1150. The zero-order valence-corrected chi connectivity index (χ0v) is 17.6. The Kier molecular flexibility index (Phi) is 5.95. The number of methoxy groups -OCH3 is 1. The van der Waals surface area contributed by atoms with Gasteiger partial charge in [0, 0.05) is 29.3 Å². The average molecular weight is 474 g/mol. The molecule has 1 saturated heterocycles. The Morgan fingerprint density at radius 3 is 2.55 bits per heavy atom. The van der Waals surface area contributed by atoms with Gasteiger partial charge in [0.1, 0.15) is 11.8 Å². The van der Waals surface area contributed by atoms with Crippen molar-refractivity contribution in [2.24, 2.45) is 11.7 Å². The molecule has 7 nitrogen and oxygen atoms in total. The molecule has 1 aromatic carbocycles. The van der Waals surface area contributed by atoms with E-state index in [2.05, 4.69) is 10.3 Å². The number of alkyl halides is 3. The maximum Gasteiger partial charge on any atom is 0.417 e. The molecule has 178 valence electrons. The molecule has 0 bridgehead atoms. The van der Waals surface area contributed by atoms with Crippen molar-refractivity contribution in [3.63, 3.8) is 0 Å². The molecule has 1 aliphatic rings. The number of pyridine rings is 1. The largest absolute Gasteiger partial charge is 0.493 e. The van der Waals surface area contributed by atoms with Gasteiger partial charge in [-0.15, -0.1) is 0 Å². The predicted octanol–water partition coefficient (Wildman–Crippen LogP) is 3.55. The lowest BCUT2D eigenvalue weighted by Crippen LogP contribution is -2.47. The number of carbonyl (C=O) groups excluding carboxylic acids is 2. The number of benzene rings is 1. The molecule has 1 fully saturated rings. The van der Waals surface area contributed by atoms with Crippen LogP contribution in [0.25, 0.3) is 0 Å². The first-order valence-corrected chi connectivity index (χ1v) is 9.57. The molecule has 2 heterocycles. The molecule has 33 heavy (non-hydrogen) atoms. The van der Waals surface area contributed by atoms with Crippen LogP contribution in [0.15, 0.2) is 30.4 Å². The zero-order chi connectivity index (χ0) is 25.6. The maximum absolute atomic E-state index is 14.4. The van der Waals surface area contributed by atoms with E-state index in [1.165, 1.54) is 6.92 Å². The fourth-order valence-corrected chi connectivity index (χ4v) is 3.84. The number of ether oxygens (including phenoxy) is 2. The van der Waals surface area contributed by atoms with Gasteiger partial charge in [-0.3, -0.25) is 14.6 Å². The summed E-state index contributed by atoms with van der Waals surface area (Å²) in [4.78, 5) is 28.1. The van der Waals surface area contributed by atoms with Gasteiger partial charge in [-0.1, -0.05) is 13.0 Å². The quantitative estimate of drug-likeness (QED) is 0.646. The Morgan fingerprint density at radius 2 is 1.97 bits per heavy atom. The third-order valence-electron chi connectivity index (χ3n) is 5.79. The third kappa shape index (κ3) is 4.22. The summed E-state index contributed by atoms with van der Waals surface area (Å²) in [5.74, 6) is -8.30. The first-order valence-electron chi connectivity index (χ1n) is 10.1. The second-order valence-electron chi connectivity index (χ2n) is 7.67. The molecule has 2 amide bonds. The van der Waals surface area contributed by atoms with Crippen LogP contribution < -0.4 is 15.8 Å². The summed E-state index contributed by atoms with van der Waals surface area (Å²) in [6.45, 7) is 1.93. The molecule has 3 rings (SSSR count). The Hall–Kier alpha value is -3.28. The summed E-state index contributed by atoms with van der Waals surface area (Å²) >= 11 is 0. The van der Waals surface area contributed by atoms with Gasteiger partial charge in [-0.05, 0) is 25.1 Å². The van der Waals surface area contributed by atoms with Gasteiger partial charge >= 0.3 is 6.18 Å². The fourth-order valence-electron chi connectivity index (χ4n) is 3.84. The molecule has 12 heteroatoms. The normalized spacial score (nSPS) is 25.5. The van der Waals surface area contributed by atoms with Gasteiger partial charge in [0.15, 0.2) is 17.2 Å². The first-order chi connectivity index (χ1) is 15.7. The third-order valence-corrected chi connectivity index (χ3v) is 5.79. The van der Waals surface area contributed by atoms with Crippen molar-refractivity contribution in [2.45, 2.75) is 37.6 Å². The van der Waals surface area contributed by atoms with E-state index in [1.807, 2.05) is 0 Å². The van der Waals surface area contributed by atoms with Crippen molar-refractivity contribution in [1.82, 2.24) is 4.98 Å². The summed E-state index contributed by atoms with van der Waals surface area (Å²) in [6, 6.07) is 3.82. The van der Waals surface area contributed by atoms with E-state index in [1.54, 1.807) is 0 Å². The Balaban J connectivity index is 2.09. The minimum atomic E-state index is -4.92. The highest BCUT2D eigenvalue weighted by atomic mass is 19.4. The standard InChI is InChI=1S/C21H20F5N3O4/c1-9-14(11-4-5-12(22)15(23)16(11)32-3)17(33-20(9,2)21(24,25)26)19(31)29-10-6-7-28-13(8-10)18(27)30/h4-9,14,17H,1-3H3,(H2,27,30)(H,28,29,31)/t9-,14-,17-,20-/m0/s1/i7D. The molecular weight excluding hydrogens is 453 g/mol. The number of anilines is 1. The molecular formula is C21H20F5N3O4. The summed E-state index contributed by atoms with van der Waals surface area (Å²) in [6.07, 6.45) is -7.19. The van der Waals surface area contributed by atoms with Crippen LogP contribution in [-0.2, 0) is 9.53 Å². The van der Waals surface area contributed by atoms with E-state index in [0.717, 1.165) is 32.2 Å². The van der Waals surface area contributed by atoms with Crippen LogP contribution in [0.1, 0.15) is 37.2 Å². The Morgan fingerprint density at radius 1 is 1.30 bits per heavy atom.